The number of amidine groups is 1. The maximum atomic E-state index is 12.0. The standard InChI is InChI=1S/C15H10N4O2/c20-15-11(18-14(19-15)12-4-2-6-21-12)7-9-8-17-13-10(9)3-1-5-16-13/h1-8H,(H,16,17)(H,18,19,20)/b11-7-. The van der Waals surface area contributed by atoms with E-state index in [1.165, 1.54) is 6.26 Å². The molecular formula is C15H10N4O2. The van der Waals surface area contributed by atoms with Crippen LogP contribution in [0.1, 0.15) is 11.3 Å². The highest BCUT2D eigenvalue weighted by Crippen LogP contribution is 2.21. The van der Waals surface area contributed by atoms with Gasteiger partial charge in [0, 0.05) is 23.3 Å². The maximum Gasteiger partial charge on any atom is 0.275 e. The highest BCUT2D eigenvalue weighted by Gasteiger charge is 2.23. The van der Waals surface area contributed by atoms with Crippen LogP contribution in [0.15, 0.2) is 58.0 Å². The van der Waals surface area contributed by atoms with Crippen LogP contribution >= 0.6 is 0 Å². The molecule has 2 N–H and O–H groups in total. The van der Waals surface area contributed by atoms with Gasteiger partial charge in [0.05, 0.1) is 6.26 Å². The van der Waals surface area contributed by atoms with Gasteiger partial charge in [-0.2, -0.15) is 0 Å². The molecule has 1 aliphatic heterocycles. The number of rotatable bonds is 2. The van der Waals surface area contributed by atoms with Crippen LogP contribution in [0.4, 0.5) is 0 Å². The van der Waals surface area contributed by atoms with Gasteiger partial charge in [0.2, 0.25) is 0 Å². The molecule has 0 bridgehead atoms. The van der Waals surface area contributed by atoms with Crippen LogP contribution in [0.3, 0.4) is 0 Å². The lowest BCUT2D eigenvalue weighted by molar-refractivity contribution is -0.115. The molecule has 0 fully saturated rings. The maximum absolute atomic E-state index is 12.0. The quantitative estimate of drug-likeness (QED) is 0.704. The summed E-state index contributed by atoms with van der Waals surface area (Å²) in [5.41, 5.74) is 1.98. The van der Waals surface area contributed by atoms with E-state index in [0.29, 0.717) is 17.3 Å². The van der Waals surface area contributed by atoms with Gasteiger partial charge in [0.15, 0.2) is 11.6 Å². The molecule has 0 atom stereocenters. The summed E-state index contributed by atoms with van der Waals surface area (Å²) in [6.07, 6.45) is 6.78. The number of fused-ring (bicyclic) bond motifs is 1. The molecule has 3 aromatic rings. The minimum Gasteiger partial charge on any atom is -0.461 e. The van der Waals surface area contributed by atoms with E-state index < -0.39 is 0 Å². The topological polar surface area (TPSA) is 83.3 Å². The van der Waals surface area contributed by atoms with Gasteiger partial charge in [-0.05, 0) is 30.3 Å². The van der Waals surface area contributed by atoms with Gasteiger partial charge in [-0.15, -0.1) is 0 Å². The Morgan fingerprint density at radius 2 is 2.19 bits per heavy atom. The summed E-state index contributed by atoms with van der Waals surface area (Å²) in [4.78, 5) is 23.5. The molecule has 0 unspecified atom stereocenters. The van der Waals surface area contributed by atoms with Crippen LogP contribution in [-0.4, -0.2) is 21.7 Å². The molecule has 102 valence electrons. The fraction of sp³-hybridized carbons (Fsp3) is 0. The van der Waals surface area contributed by atoms with Gasteiger partial charge in [0.25, 0.3) is 5.91 Å². The molecule has 4 heterocycles. The van der Waals surface area contributed by atoms with E-state index in [1.807, 2.05) is 12.1 Å². The monoisotopic (exact) mass is 278 g/mol. The summed E-state index contributed by atoms with van der Waals surface area (Å²) in [5, 5.41) is 3.63. The largest absolute Gasteiger partial charge is 0.461 e. The first-order valence-corrected chi connectivity index (χ1v) is 6.39. The number of hydrogen-bond donors (Lipinski definition) is 2. The third kappa shape index (κ3) is 1.93. The normalized spacial score (nSPS) is 16.5. The Morgan fingerprint density at radius 1 is 1.24 bits per heavy atom. The number of pyridine rings is 1. The molecule has 0 saturated carbocycles. The van der Waals surface area contributed by atoms with Crippen LogP contribution in [0.25, 0.3) is 17.1 Å². The Hall–Kier alpha value is -3.15. The fourth-order valence-electron chi connectivity index (χ4n) is 2.24. The van der Waals surface area contributed by atoms with Crippen molar-refractivity contribution in [1.29, 1.82) is 0 Å². The van der Waals surface area contributed by atoms with Crippen LogP contribution in [-0.2, 0) is 4.79 Å². The van der Waals surface area contributed by atoms with Crippen LogP contribution in [0.5, 0.6) is 0 Å². The lowest BCUT2D eigenvalue weighted by Crippen LogP contribution is -2.24. The minimum atomic E-state index is -0.250. The Morgan fingerprint density at radius 3 is 3.05 bits per heavy atom. The van der Waals surface area contributed by atoms with E-state index >= 15 is 0 Å². The Labute approximate surface area is 119 Å². The van der Waals surface area contributed by atoms with E-state index in [1.54, 1.807) is 30.6 Å². The third-order valence-electron chi connectivity index (χ3n) is 3.23. The SMILES string of the molecule is O=C1NC(c2ccco2)=N/C1=C\c1c[nH]c2ncccc12. The number of nitrogens with one attached hydrogen (secondary N) is 2. The number of carbonyl (C=O) groups is 1. The summed E-state index contributed by atoms with van der Waals surface area (Å²) in [6, 6.07) is 7.29. The summed E-state index contributed by atoms with van der Waals surface area (Å²) >= 11 is 0. The number of aromatic amines is 1. The molecule has 0 radical (unpaired) electrons. The number of aliphatic imine (C=N–C) groups is 1. The van der Waals surface area contributed by atoms with Crippen molar-refractivity contribution < 1.29 is 9.21 Å². The highest BCUT2D eigenvalue weighted by molar-refractivity contribution is 6.19. The average molecular weight is 278 g/mol. The number of aromatic nitrogens is 2. The number of hydrogen-bond acceptors (Lipinski definition) is 4. The molecule has 0 saturated heterocycles. The predicted molar refractivity (Wildman–Crippen MR) is 77.5 cm³/mol. The molecule has 21 heavy (non-hydrogen) atoms. The number of furan rings is 1. The molecule has 6 nitrogen and oxygen atoms in total. The zero-order valence-corrected chi connectivity index (χ0v) is 10.8. The average Bonchev–Trinajstić information content (AvgIpc) is 3.21. The second-order valence-electron chi connectivity index (χ2n) is 4.57. The van der Waals surface area contributed by atoms with Gasteiger partial charge in [-0.25, -0.2) is 9.98 Å². The van der Waals surface area contributed by atoms with Gasteiger partial charge in [0.1, 0.15) is 11.3 Å². The Bertz CT molecular complexity index is 887. The summed E-state index contributed by atoms with van der Waals surface area (Å²) in [6.45, 7) is 0. The van der Waals surface area contributed by atoms with Gasteiger partial charge in [-0.1, -0.05) is 0 Å². The second-order valence-corrected chi connectivity index (χ2v) is 4.57. The van der Waals surface area contributed by atoms with Crippen LogP contribution < -0.4 is 5.32 Å². The van der Waals surface area contributed by atoms with Gasteiger partial charge < -0.3 is 14.7 Å². The molecule has 0 aromatic carbocycles. The van der Waals surface area contributed by atoms with E-state index in [2.05, 4.69) is 20.3 Å². The first-order valence-electron chi connectivity index (χ1n) is 6.39. The number of H-pyrrole nitrogens is 1. The van der Waals surface area contributed by atoms with Crippen molar-refractivity contribution >= 4 is 28.9 Å². The van der Waals surface area contributed by atoms with Crippen molar-refractivity contribution in [3.05, 3.63) is 59.9 Å². The van der Waals surface area contributed by atoms with Crippen LogP contribution in [0, 0.1) is 0 Å². The number of carbonyl (C=O) groups excluding carboxylic acids is 1. The van der Waals surface area contributed by atoms with E-state index in [9.17, 15) is 4.79 Å². The van der Waals surface area contributed by atoms with Crippen molar-refractivity contribution in [2.45, 2.75) is 0 Å². The smallest absolute Gasteiger partial charge is 0.275 e. The van der Waals surface area contributed by atoms with Crippen molar-refractivity contribution in [1.82, 2.24) is 15.3 Å². The number of nitrogens with zero attached hydrogens (tertiary/aromatic N) is 2. The first-order chi connectivity index (χ1) is 10.3. The molecule has 1 aliphatic rings. The lowest BCUT2D eigenvalue weighted by Gasteiger charge is -1.93. The molecule has 1 amide bonds. The molecule has 4 rings (SSSR count). The third-order valence-corrected chi connectivity index (χ3v) is 3.23. The van der Waals surface area contributed by atoms with Crippen molar-refractivity contribution in [3.63, 3.8) is 0 Å². The molecule has 0 aliphatic carbocycles. The van der Waals surface area contributed by atoms with Gasteiger partial charge >= 0.3 is 0 Å². The van der Waals surface area contributed by atoms with Crippen LogP contribution in [0.2, 0.25) is 0 Å². The van der Waals surface area contributed by atoms with E-state index in [4.69, 9.17) is 4.42 Å². The molecule has 6 heteroatoms. The summed E-state index contributed by atoms with van der Waals surface area (Å²) in [7, 11) is 0. The zero-order chi connectivity index (χ0) is 14.2. The molecule has 0 spiro atoms. The van der Waals surface area contributed by atoms with Crippen molar-refractivity contribution in [2.75, 3.05) is 0 Å². The summed E-state index contributed by atoms with van der Waals surface area (Å²) < 4.78 is 5.23. The fourth-order valence-corrected chi connectivity index (χ4v) is 2.24. The molecular weight excluding hydrogens is 268 g/mol. The van der Waals surface area contributed by atoms with Crippen molar-refractivity contribution in [3.8, 4) is 0 Å². The zero-order valence-electron chi connectivity index (χ0n) is 10.8. The highest BCUT2D eigenvalue weighted by atomic mass is 16.3. The van der Waals surface area contributed by atoms with Crippen molar-refractivity contribution in [2.24, 2.45) is 4.99 Å². The Balaban J connectivity index is 1.77. The predicted octanol–water partition coefficient (Wildman–Crippen LogP) is 2.07. The Kier molecular flexibility index (Phi) is 2.47. The molecule has 3 aromatic heterocycles. The van der Waals surface area contributed by atoms with E-state index in [-0.39, 0.29) is 5.91 Å². The van der Waals surface area contributed by atoms with E-state index in [0.717, 1.165) is 16.6 Å². The minimum absolute atomic E-state index is 0.250. The summed E-state index contributed by atoms with van der Waals surface area (Å²) in [5.74, 6) is 0.709. The lowest BCUT2D eigenvalue weighted by atomic mass is 10.2. The number of amides is 1. The second kappa shape index (κ2) is 4.45. The first kappa shape index (κ1) is 11.7. The van der Waals surface area contributed by atoms with Gasteiger partial charge in [-0.3, -0.25) is 4.79 Å².